The summed E-state index contributed by atoms with van der Waals surface area (Å²) in [6.45, 7) is 1.51. The van der Waals surface area contributed by atoms with Crippen molar-refractivity contribution in [1.82, 2.24) is 9.97 Å². The van der Waals surface area contributed by atoms with Crippen LogP contribution in [0.15, 0.2) is 29.1 Å². The number of hydrogen-bond acceptors (Lipinski definition) is 4. The number of thioether (sulfide) groups is 1. The van der Waals surface area contributed by atoms with Gasteiger partial charge in [-0.05, 0) is 25.3 Å². The molecular formula is C17H18FN3OS. The van der Waals surface area contributed by atoms with E-state index in [9.17, 15) is 9.18 Å². The summed E-state index contributed by atoms with van der Waals surface area (Å²) in [4.78, 5) is 18.5. The Bertz CT molecular complexity index is 825. The van der Waals surface area contributed by atoms with E-state index >= 15 is 0 Å². The molecule has 2 heterocycles. The number of halogens is 1. The first kappa shape index (κ1) is 14.9. The van der Waals surface area contributed by atoms with Crippen molar-refractivity contribution in [2.75, 3.05) is 11.5 Å². The molecule has 6 heteroatoms. The highest BCUT2D eigenvalue weighted by molar-refractivity contribution is 8.00. The number of H-pyrrole nitrogens is 1. The highest BCUT2D eigenvalue weighted by Gasteiger charge is 2.38. The summed E-state index contributed by atoms with van der Waals surface area (Å²) in [5, 5.41) is 0. The summed E-state index contributed by atoms with van der Waals surface area (Å²) >= 11 is 1.83. The third-order valence-corrected chi connectivity index (χ3v) is 6.29. The molecule has 2 aromatic rings. The maximum absolute atomic E-state index is 14.5. The predicted molar refractivity (Wildman–Crippen MR) is 90.3 cm³/mol. The SMILES string of the molecule is CC1(F)CCc2c(-c3ccc(C4(N)CSC4)cc3)nc(=O)[nH]c21. The fraction of sp³-hybridized carbons (Fsp3) is 0.412. The maximum atomic E-state index is 14.5. The predicted octanol–water partition coefficient (Wildman–Crippen LogP) is 2.47. The van der Waals surface area contributed by atoms with E-state index in [1.807, 2.05) is 36.0 Å². The molecule has 4 rings (SSSR count). The molecule has 0 amide bonds. The Morgan fingerprint density at radius 2 is 2.00 bits per heavy atom. The van der Waals surface area contributed by atoms with Crippen LogP contribution in [-0.2, 0) is 17.6 Å². The van der Waals surface area contributed by atoms with E-state index in [1.165, 1.54) is 6.92 Å². The lowest BCUT2D eigenvalue weighted by Gasteiger charge is -2.37. The van der Waals surface area contributed by atoms with Gasteiger partial charge in [-0.1, -0.05) is 24.3 Å². The number of nitrogens with two attached hydrogens (primary N) is 1. The Morgan fingerprint density at radius 3 is 2.61 bits per heavy atom. The second kappa shape index (κ2) is 4.92. The minimum Gasteiger partial charge on any atom is -0.320 e. The van der Waals surface area contributed by atoms with Crippen LogP contribution < -0.4 is 11.4 Å². The van der Waals surface area contributed by atoms with Crippen LogP contribution in [0.4, 0.5) is 4.39 Å². The van der Waals surface area contributed by atoms with E-state index in [-0.39, 0.29) is 5.54 Å². The van der Waals surface area contributed by atoms with Crippen molar-refractivity contribution in [3.05, 3.63) is 51.6 Å². The van der Waals surface area contributed by atoms with Crippen molar-refractivity contribution in [3.63, 3.8) is 0 Å². The second-order valence-corrected chi connectivity index (χ2v) is 7.65. The van der Waals surface area contributed by atoms with Crippen molar-refractivity contribution in [2.24, 2.45) is 5.73 Å². The van der Waals surface area contributed by atoms with Gasteiger partial charge in [-0.25, -0.2) is 9.18 Å². The standard InChI is InChI=1S/C17H18FN3OS/c1-16(18)7-6-12-13(20-15(22)21-14(12)16)10-2-4-11(5-3-10)17(19)8-23-9-17/h2-5H,6-9,19H2,1H3,(H,20,21,22). The first-order valence-electron chi connectivity index (χ1n) is 7.69. The highest BCUT2D eigenvalue weighted by Crippen LogP contribution is 2.41. The lowest BCUT2D eigenvalue weighted by atomic mass is 9.92. The molecule has 1 aliphatic heterocycles. The summed E-state index contributed by atoms with van der Waals surface area (Å²) in [5.74, 6) is 1.84. The number of benzene rings is 1. The number of hydrogen-bond donors (Lipinski definition) is 2. The van der Waals surface area contributed by atoms with E-state index in [2.05, 4.69) is 9.97 Å². The fourth-order valence-electron chi connectivity index (χ4n) is 3.36. The van der Waals surface area contributed by atoms with Crippen LogP contribution in [0.25, 0.3) is 11.3 Å². The summed E-state index contributed by atoms with van der Waals surface area (Å²) in [6.07, 6.45) is 0.957. The molecule has 1 atom stereocenters. The summed E-state index contributed by atoms with van der Waals surface area (Å²) in [6, 6.07) is 7.85. The average molecular weight is 331 g/mol. The average Bonchev–Trinajstić information content (AvgIpc) is 2.80. The fourth-order valence-corrected chi connectivity index (χ4v) is 4.34. The molecule has 0 spiro atoms. The number of alkyl halides is 1. The normalized spacial score (nSPS) is 25.0. The molecule has 1 saturated heterocycles. The summed E-state index contributed by atoms with van der Waals surface area (Å²) < 4.78 is 14.5. The van der Waals surface area contributed by atoms with Gasteiger partial charge in [0.2, 0.25) is 0 Å². The molecule has 0 bridgehead atoms. The van der Waals surface area contributed by atoms with Crippen molar-refractivity contribution >= 4 is 11.8 Å². The quantitative estimate of drug-likeness (QED) is 0.887. The number of nitrogens with one attached hydrogen (secondary N) is 1. The van der Waals surface area contributed by atoms with Gasteiger partial charge in [-0.2, -0.15) is 16.7 Å². The van der Waals surface area contributed by atoms with Gasteiger partial charge < -0.3 is 10.7 Å². The number of aromatic amines is 1. The smallest absolute Gasteiger partial charge is 0.320 e. The van der Waals surface area contributed by atoms with E-state index in [0.717, 1.165) is 28.2 Å². The van der Waals surface area contributed by atoms with Crippen LogP contribution in [0.5, 0.6) is 0 Å². The zero-order chi connectivity index (χ0) is 16.2. The monoisotopic (exact) mass is 331 g/mol. The molecule has 1 aliphatic carbocycles. The number of aromatic nitrogens is 2. The number of nitrogens with zero attached hydrogens (tertiary/aromatic N) is 1. The molecule has 1 unspecified atom stereocenters. The van der Waals surface area contributed by atoms with Gasteiger partial charge in [0.1, 0.15) is 5.67 Å². The molecule has 0 saturated carbocycles. The van der Waals surface area contributed by atoms with Gasteiger partial charge in [0.05, 0.1) is 16.9 Å². The largest absolute Gasteiger partial charge is 0.345 e. The van der Waals surface area contributed by atoms with Crippen LogP contribution >= 0.6 is 11.8 Å². The van der Waals surface area contributed by atoms with Gasteiger partial charge in [-0.3, -0.25) is 0 Å². The first-order valence-corrected chi connectivity index (χ1v) is 8.85. The molecule has 1 fully saturated rings. The van der Waals surface area contributed by atoms with E-state index in [0.29, 0.717) is 24.2 Å². The minimum atomic E-state index is -1.49. The topological polar surface area (TPSA) is 71.8 Å². The molecule has 0 radical (unpaired) electrons. The van der Waals surface area contributed by atoms with Crippen LogP contribution in [0, 0.1) is 0 Å². The third kappa shape index (κ3) is 2.32. The Kier molecular flexibility index (Phi) is 3.19. The molecule has 3 N–H and O–H groups in total. The molecule has 2 aliphatic rings. The van der Waals surface area contributed by atoms with Gasteiger partial charge in [0.25, 0.3) is 0 Å². The first-order chi connectivity index (χ1) is 10.9. The molecular weight excluding hydrogens is 313 g/mol. The van der Waals surface area contributed by atoms with Gasteiger partial charge >= 0.3 is 5.69 Å². The van der Waals surface area contributed by atoms with Crippen molar-refractivity contribution in [1.29, 1.82) is 0 Å². The van der Waals surface area contributed by atoms with Crippen molar-refractivity contribution < 1.29 is 4.39 Å². The Balaban J connectivity index is 1.79. The Labute approximate surface area is 137 Å². The molecule has 1 aromatic carbocycles. The van der Waals surface area contributed by atoms with Crippen LogP contribution in [0.2, 0.25) is 0 Å². The Morgan fingerprint density at radius 1 is 1.30 bits per heavy atom. The molecule has 4 nitrogen and oxygen atoms in total. The number of fused-ring (bicyclic) bond motifs is 1. The van der Waals surface area contributed by atoms with Crippen molar-refractivity contribution in [3.8, 4) is 11.3 Å². The Hall–Kier alpha value is -1.66. The van der Waals surface area contributed by atoms with Gasteiger partial charge in [0.15, 0.2) is 0 Å². The third-order valence-electron chi connectivity index (χ3n) is 4.85. The van der Waals surface area contributed by atoms with Crippen molar-refractivity contribution in [2.45, 2.75) is 31.0 Å². The highest BCUT2D eigenvalue weighted by atomic mass is 32.2. The van der Waals surface area contributed by atoms with E-state index in [4.69, 9.17) is 5.73 Å². The summed E-state index contributed by atoms with van der Waals surface area (Å²) in [5.41, 5.74) is 7.79. The minimum absolute atomic E-state index is 0.246. The van der Waals surface area contributed by atoms with Crippen LogP contribution in [0.1, 0.15) is 30.2 Å². The molecule has 1 aromatic heterocycles. The second-order valence-electron chi connectivity index (χ2n) is 6.67. The summed E-state index contributed by atoms with van der Waals surface area (Å²) in [7, 11) is 0. The lowest BCUT2D eigenvalue weighted by molar-refractivity contribution is 0.188. The van der Waals surface area contributed by atoms with E-state index in [1.54, 1.807) is 0 Å². The maximum Gasteiger partial charge on any atom is 0.345 e. The van der Waals surface area contributed by atoms with Gasteiger partial charge in [-0.15, -0.1) is 0 Å². The zero-order valence-corrected chi connectivity index (χ0v) is 13.7. The lowest BCUT2D eigenvalue weighted by Crippen LogP contribution is -2.48. The number of rotatable bonds is 2. The zero-order valence-electron chi connectivity index (χ0n) is 12.9. The van der Waals surface area contributed by atoms with Crippen LogP contribution in [0.3, 0.4) is 0 Å². The van der Waals surface area contributed by atoms with Gasteiger partial charge in [0, 0.05) is 22.6 Å². The molecule has 120 valence electrons. The molecule has 23 heavy (non-hydrogen) atoms. The van der Waals surface area contributed by atoms with E-state index < -0.39 is 11.4 Å². The van der Waals surface area contributed by atoms with Crippen LogP contribution in [-0.4, -0.2) is 21.5 Å².